The van der Waals surface area contributed by atoms with Crippen molar-refractivity contribution < 1.29 is 9.66 Å². The molecule has 0 aliphatic carbocycles. The fourth-order valence-corrected chi connectivity index (χ4v) is 1.58. The van der Waals surface area contributed by atoms with Crippen LogP contribution in [0.4, 0.5) is 5.69 Å². The Bertz CT molecular complexity index is 378. The summed E-state index contributed by atoms with van der Waals surface area (Å²) in [5.74, 6) is 0.330. The first-order valence-corrected chi connectivity index (χ1v) is 4.36. The maximum atomic E-state index is 10.7. The van der Waals surface area contributed by atoms with Crippen molar-refractivity contribution in [1.29, 1.82) is 0 Å². The van der Waals surface area contributed by atoms with E-state index in [-0.39, 0.29) is 11.7 Å². The minimum absolute atomic E-state index is 0.00218. The Balaban J connectivity index is 2.55. The lowest BCUT2D eigenvalue weighted by Gasteiger charge is -2.22. The lowest BCUT2D eigenvalue weighted by molar-refractivity contribution is -0.386. The molecule has 0 saturated carbocycles. The number of nitrogens with two attached hydrogens (primary N) is 1. The van der Waals surface area contributed by atoms with Crippen molar-refractivity contribution in [2.24, 2.45) is 5.73 Å². The standard InChI is InChI=1S/C9H10N2O3/c10-7-4-5-14-9-6(7)2-1-3-8(9)11(12)13/h1-3,7H,4-5,10H2/t7-/m0/s1. The molecule has 0 fully saturated rings. The summed E-state index contributed by atoms with van der Waals surface area (Å²) in [6.07, 6.45) is 0.703. The van der Waals surface area contributed by atoms with Gasteiger partial charge >= 0.3 is 5.69 Å². The zero-order valence-electron chi connectivity index (χ0n) is 7.47. The highest BCUT2D eigenvalue weighted by molar-refractivity contribution is 5.53. The maximum absolute atomic E-state index is 10.7. The van der Waals surface area contributed by atoms with Crippen LogP contribution in [-0.4, -0.2) is 11.5 Å². The Labute approximate surface area is 80.6 Å². The average Bonchev–Trinajstić information content (AvgIpc) is 2.17. The van der Waals surface area contributed by atoms with Crippen molar-refractivity contribution in [2.75, 3.05) is 6.61 Å². The predicted octanol–water partition coefficient (Wildman–Crippen LogP) is 1.38. The summed E-state index contributed by atoms with van der Waals surface area (Å²) in [5, 5.41) is 10.7. The van der Waals surface area contributed by atoms with Crippen molar-refractivity contribution in [3.8, 4) is 5.75 Å². The molecule has 74 valence electrons. The molecule has 2 N–H and O–H groups in total. The number of hydrogen-bond donors (Lipinski definition) is 1. The van der Waals surface area contributed by atoms with Crippen molar-refractivity contribution in [2.45, 2.75) is 12.5 Å². The van der Waals surface area contributed by atoms with Gasteiger partial charge in [0.2, 0.25) is 5.75 Å². The number of fused-ring (bicyclic) bond motifs is 1. The minimum Gasteiger partial charge on any atom is -0.487 e. The fourth-order valence-electron chi connectivity index (χ4n) is 1.58. The van der Waals surface area contributed by atoms with Gasteiger partial charge in [-0.15, -0.1) is 0 Å². The number of ether oxygens (including phenoxy) is 1. The molecule has 0 spiro atoms. The highest BCUT2D eigenvalue weighted by atomic mass is 16.6. The Morgan fingerprint density at radius 3 is 3.07 bits per heavy atom. The molecular weight excluding hydrogens is 184 g/mol. The second-order valence-corrected chi connectivity index (χ2v) is 3.20. The van der Waals surface area contributed by atoms with Gasteiger partial charge in [-0.2, -0.15) is 0 Å². The Kier molecular flexibility index (Phi) is 2.09. The van der Waals surface area contributed by atoms with Crippen LogP contribution in [-0.2, 0) is 0 Å². The lowest BCUT2D eigenvalue weighted by Crippen LogP contribution is -2.21. The van der Waals surface area contributed by atoms with E-state index in [4.69, 9.17) is 10.5 Å². The summed E-state index contributed by atoms with van der Waals surface area (Å²) in [6, 6.07) is 4.67. The van der Waals surface area contributed by atoms with E-state index < -0.39 is 4.92 Å². The van der Waals surface area contributed by atoms with Gasteiger partial charge in [0, 0.05) is 24.1 Å². The van der Waals surface area contributed by atoms with E-state index in [1.807, 2.05) is 0 Å². The maximum Gasteiger partial charge on any atom is 0.311 e. The van der Waals surface area contributed by atoms with Gasteiger partial charge in [-0.05, 0) is 0 Å². The zero-order valence-corrected chi connectivity index (χ0v) is 7.47. The van der Waals surface area contributed by atoms with Gasteiger partial charge in [-0.25, -0.2) is 0 Å². The third-order valence-corrected chi connectivity index (χ3v) is 2.30. The van der Waals surface area contributed by atoms with Gasteiger partial charge in [0.1, 0.15) is 0 Å². The van der Waals surface area contributed by atoms with Crippen LogP contribution in [0.15, 0.2) is 18.2 Å². The normalized spacial score (nSPS) is 19.6. The number of rotatable bonds is 1. The summed E-state index contributed by atoms with van der Waals surface area (Å²) in [6.45, 7) is 0.443. The van der Waals surface area contributed by atoms with Crippen LogP contribution < -0.4 is 10.5 Å². The average molecular weight is 194 g/mol. The second kappa shape index (κ2) is 3.26. The molecule has 5 nitrogen and oxygen atoms in total. The molecule has 2 rings (SSSR count). The molecule has 1 atom stereocenters. The van der Waals surface area contributed by atoms with Crippen LogP contribution in [0.3, 0.4) is 0 Å². The van der Waals surface area contributed by atoms with Crippen LogP contribution >= 0.6 is 0 Å². The molecule has 1 aliphatic rings. The van der Waals surface area contributed by atoms with Gasteiger partial charge in [-0.3, -0.25) is 10.1 Å². The van der Waals surface area contributed by atoms with Crippen LogP contribution in [0.5, 0.6) is 5.75 Å². The molecule has 0 bridgehead atoms. The third kappa shape index (κ3) is 1.31. The van der Waals surface area contributed by atoms with Crippen LogP contribution in [0.1, 0.15) is 18.0 Å². The Morgan fingerprint density at radius 2 is 2.36 bits per heavy atom. The minimum atomic E-state index is -0.448. The molecule has 0 unspecified atom stereocenters. The van der Waals surface area contributed by atoms with Crippen LogP contribution in [0, 0.1) is 10.1 Å². The first kappa shape index (κ1) is 8.96. The van der Waals surface area contributed by atoms with Crippen molar-refractivity contribution in [3.05, 3.63) is 33.9 Å². The molecule has 1 aromatic carbocycles. The van der Waals surface area contributed by atoms with Crippen molar-refractivity contribution in [1.82, 2.24) is 0 Å². The zero-order chi connectivity index (χ0) is 10.1. The van der Waals surface area contributed by atoms with E-state index in [0.29, 0.717) is 18.8 Å². The molecule has 0 aromatic heterocycles. The quantitative estimate of drug-likeness (QED) is 0.541. The summed E-state index contributed by atoms with van der Waals surface area (Å²) in [7, 11) is 0. The number of nitro benzene ring substituents is 1. The molecular formula is C9H10N2O3. The Morgan fingerprint density at radius 1 is 1.57 bits per heavy atom. The van der Waals surface area contributed by atoms with Crippen molar-refractivity contribution >= 4 is 5.69 Å². The van der Waals surface area contributed by atoms with E-state index >= 15 is 0 Å². The fraction of sp³-hybridized carbons (Fsp3) is 0.333. The van der Waals surface area contributed by atoms with E-state index in [0.717, 1.165) is 5.56 Å². The number of para-hydroxylation sites is 1. The summed E-state index contributed by atoms with van der Waals surface area (Å²) in [4.78, 5) is 10.2. The third-order valence-electron chi connectivity index (χ3n) is 2.30. The lowest BCUT2D eigenvalue weighted by atomic mass is 10.0. The SMILES string of the molecule is N[C@H]1CCOc2c1cccc2[N+](=O)[O-]. The van der Waals surface area contributed by atoms with Crippen LogP contribution in [0.25, 0.3) is 0 Å². The van der Waals surface area contributed by atoms with Crippen LogP contribution in [0.2, 0.25) is 0 Å². The summed E-state index contributed by atoms with van der Waals surface area (Å²) < 4.78 is 5.26. The van der Waals surface area contributed by atoms with E-state index in [2.05, 4.69) is 0 Å². The molecule has 1 aliphatic heterocycles. The Hall–Kier alpha value is -1.62. The monoisotopic (exact) mass is 194 g/mol. The number of nitrogens with zero attached hydrogens (tertiary/aromatic N) is 1. The van der Waals surface area contributed by atoms with Gasteiger partial charge < -0.3 is 10.5 Å². The molecule has 1 aromatic rings. The molecule has 14 heavy (non-hydrogen) atoms. The largest absolute Gasteiger partial charge is 0.487 e. The van der Waals surface area contributed by atoms with Gasteiger partial charge in [-0.1, -0.05) is 12.1 Å². The summed E-state index contributed by atoms with van der Waals surface area (Å²) in [5.41, 5.74) is 6.54. The van der Waals surface area contributed by atoms with Gasteiger partial charge in [0.05, 0.1) is 11.5 Å². The number of benzene rings is 1. The topological polar surface area (TPSA) is 78.4 Å². The highest BCUT2D eigenvalue weighted by Crippen LogP contribution is 2.37. The molecule has 1 heterocycles. The summed E-state index contributed by atoms with van der Waals surface area (Å²) >= 11 is 0. The first-order valence-electron chi connectivity index (χ1n) is 4.36. The van der Waals surface area contributed by atoms with E-state index in [9.17, 15) is 10.1 Å². The smallest absolute Gasteiger partial charge is 0.311 e. The van der Waals surface area contributed by atoms with E-state index in [1.165, 1.54) is 6.07 Å². The molecule has 0 saturated heterocycles. The predicted molar refractivity (Wildman–Crippen MR) is 50.1 cm³/mol. The number of hydrogen-bond acceptors (Lipinski definition) is 4. The van der Waals surface area contributed by atoms with Gasteiger partial charge in [0.25, 0.3) is 0 Å². The molecule has 5 heteroatoms. The van der Waals surface area contributed by atoms with Crippen molar-refractivity contribution in [3.63, 3.8) is 0 Å². The second-order valence-electron chi connectivity index (χ2n) is 3.20. The number of nitro groups is 1. The van der Waals surface area contributed by atoms with Gasteiger partial charge in [0.15, 0.2) is 0 Å². The van der Waals surface area contributed by atoms with E-state index in [1.54, 1.807) is 12.1 Å². The molecule has 0 amide bonds. The first-order chi connectivity index (χ1) is 6.70. The molecule has 0 radical (unpaired) electrons. The highest BCUT2D eigenvalue weighted by Gasteiger charge is 2.25.